The van der Waals surface area contributed by atoms with Crippen molar-refractivity contribution in [2.75, 3.05) is 53.8 Å². The molecule has 0 amide bonds. The van der Waals surface area contributed by atoms with Crippen molar-refractivity contribution < 1.29 is 67.9 Å². The second kappa shape index (κ2) is 25.6. The van der Waals surface area contributed by atoms with Crippen LogP contribution in [-0.2, 0) is 44.4 Å². The van der Waals surface area contributed by atoms with Gasteiger partial charge in [-0.1, -0.05) is 54.7 Å². The summed E-state index contributed by atoms with van der Waals surface area (Å²) in [6.07, 6.45) is -6.29. The van der Waals surface area contributed by atoms with Gasteiger partial charge in [0.1, 0.15) is 48.8 Å². The van der Waals surface area contributed by atoms with Gasteiger partial charge >= 0.3 is 5.97 Å². The van der Waals surface area contributed by atoms with E-state index in [0.717, 1.165) is 16.0 Å². The number of aliphatic hydroxyl groups is 5. The third-order valence-electron chi connectivity index (χ3n) is 16.2. The van der Waals surface area contributed by atoms with E-state index in [1.54, 1.807) is 53.9 Å². The summed E-state index contributed by atoms with van der Waals surface area (Å²) in [7, 11) is 6.73. The van der Waals surface area contributed by atoms with Gasteiger partial charge in [-0.3, -0.25) is 4.79 Å². The molecule has 0 radical (unpaired) electrons. The summed E-state index contributed by atoms with van der Waals surface area (Å²) in [5.41, 5.74) is 3.58. The van der Waals surface area contributed by atoms with E-state index < -0.39 is 121 Å². The molecule has 2 aromatic heterocycles. The topological polar surface area (TPSA) is 259 Å². The number of nitrogens with two attached hydrogens (primary N) is 1. The maximum Gasteiger partial charge on any atom is 0.311 e. The lowest BCUT2D eigenvalue weighted by Crippen LogP contribution is -2.59. The fourth-order valence-electron chi connectivity index (χ4n) is 11.2. The molecule has 7 N–H and O–H groups in total. The fraction of sp³-hybridized carbons (Fsp3) is 0.774. The molecule has 6 rings (SSSR count). The van der Waals surface area contributed by atoms with E-state index in [1.165, 1.54) is 37.2 Å². The number of hydrogen-bond donors (Lipinski definition) is 6. The summed E-state index contributed by atoms with van der Waals surface area (Å²) < 4.78 is 60.1. The lowest BCUT2D eigenvalue weighted by molar-refractivity contribution is -0.308. The molecule has 75 heavy (non-hydrogen) atoms. The van der Waals surface area contributed by atoms with E-state index in [0.29, 0.717) is 36.8 Å². The molecule has 3 saturated heterocycles. The molecule has 0 spiro atoms. The molecule has 424 valence electrons. The zero-order valence-electron chi connectivity index (χ0n) is 46.1. The summed E-state index contributed by atoms with van der Waals surface area (Å²) >= 11 is 1.38. The average molecular weight is 1080 g/mol. The van der Waals surface area contributed by atoms with Crippen molar-refractivity contribution in [2.24, 2.45) is 11.8 Å². The molecule has 1 aromatic carbocycles. The number of thiazole rings is 1. The van der Waals surface area contributed by atoms with E-state index in [4.69, 9.17) is 38.9 Å². The standard InChI is InChI=1S/C53H86FN7O13S/c1-14-41-53(9,67)46(63)32(5)60(11)27-29(2)23-51(7,66)42(22-39(31(4)48(65)73-41)72-43-24-52(8,69-13)47(64)33(6)71-43)74-49-44(62)37(21-30(3)70-49)59(10)20-19-36-28-61(58-57-36)38(25-54)45(68-12)35-17-15-34(16-18-35)40-26-56-50(55)75-40/h15-18,26,28-33,37-39,41-47,49,62-64,66-67H,14,19-25,27H2,1-13H3,(H2,55,56)/t29-,30-,31-,32-,33+,37+,38-,39+,41-,42-,43+,44-,45-,46-,47+,49+,51-,52-,53-/m1/s1. The number of aromatic nitrogens is 4. The Bertz CT molecular complexity index is 2260. The quantitative estimate of drug-likeness (QED) is 0.108. The molecule has 22 heteroatoms. The molecule has 0 aliphatic carbocycles. The first kappa shape index (κ1) is 60.9. The number of hydrogen-bond acceptors (Lipinski definition) is 20. The summed E-state index contributed by atoms with van der Waals surface area (Å²) in [6, 6.07) is 5.74. The van der Waals surface area contributed by atoms with Gasteiger partial charge in [0.15, 0.2) is 17.7 Å². The molecule has 19 atom stereocenters. The molecule has 0 bridgehead atoms. The molecule has 3 aromatic rings. The van der Waals surface area contributed by atoms with Crippen molar-refractivity contribution in [3.8, 4) is 10.4 Å². The van der Waals surface area contributed by atoms with E-state index in [-0.39, 0.29) is 31.6 Å². The molecule has 3 aliphatic heterocycles. The average Bonchev–Trinajstić information content (AvgIpc) is 4.03. The Labute approximate surface area is 445 Å². The third-order valence-corrected chi connectivity index (χ3v) is 17.0. The zero-order valence-corrected chi connectivity index (χ0v) is 46.9. The number of anilines is 1. The van der Waals surface area contributed by atoms with Crippen molar-refractivity contribution >= 4 is 22.4 Å². The van der Waals surface area contributed by atoms with Gasteiger partial charge in [0.2, 0.25) is 0 Å². The van der Waals surface area contributed by atoms with Gasteiger partial charge < -0.3 is 74.2 Å². The van der Waals surface area contributed by atoms with Gasteiger partial charge in [-0.25, -0.2) is 14.1 Å². The first-order valence-electron chi connectivity index (χ1n) is 26.3. The predicted molar refractivity (Wildman–Crippen MR) is 279 cm³/mol. The van der Waals surface area contributed by atoms with Gasteiger partial charge in [0.05, 0.1) is 52.1 Å². The Balaban J connectivity index is 1.23. The number of likely N-dealkylation sites (N-methyl/N-ethyl adjacent to an activating group) is 2. The maximum absolute atomic E-state index is 14.9. The lowest BCUT2D eigenvalue weighted by Gasteiger charge is -2.47. The Morgan fingerprint density at radius 3 is 2.31 bits per heavy atom. The second-order valence-electron chi connectivity index (χ2n) is 22.2. The van der Waals surface area contributed by atoms with Crippen LogP contribution < -0.4 is 5.73 Å². The van der Waals surface area contributed by atoms with Crippen molar-refractivity contribution in [3.05, 3.63) is 47.9 Å². The molecule has 20 nitrogen and oxygen atoms in total. The van der Waals surface area contributed by atoms with Crippen LogP contribution >= 0.6 is 11.3 Å². The number of cyclic esters (lactones) is 1. The van der Waals surface area contributed by atoms with Crippen LogP contribution in [0.2, 0.25) is 0 Å². The highest BCUT2D eigenvalue weighted by atomic mass is 32.1. The van der Waals surface area contributed by atoms with Crippen LogP contribution in [0, 0.1) is 11.8 Å². The van der Waals surface area contributed by atoms with E-state index >= 15 is 0 Å². The molecular weight excluding hydrogens is 994 g/mol. The predicted octanol–water partition coefficient (Wildman–Crippen LogP) is 4.46. The Morgan fingerprint density at radius 2 is 1.69 bits per heavy atom. The van der Waals surface area contributed by atoms with Crippen LogP contribution in [0.25, 0.3) is 10.4 Å². The number of aliphatic hydroxyl groups excluding tert-OH is 3. The highest BCUT2D eigenvalue weighted by Gasteiger charge is 2.51. The molecule has 3 fully saturated rings. The second-order valence-corrected chi connectivity index (χ2v) is 23.3. The SMILES string of the molecule is CC[C@H]1OC(=O)[C@H](C)[C@@H](O[C@H]2C[C@@](C)(OC)[C@@H](O)[C@H](C)O2)C[C@@H](O[C@@H]2O[C@H](C)C[C@H](N(C)CCc3cn([C@H](CF)[C@H](OC)c4ccc(-c5cnc(N)s5)cc4)nn3)[C@H]2O)[C@](C)(O)C[C@@H](C)CN(C)[C@H](C)[C@@H](O)[C@]1(C)O. The van der Waals surface area contributed by atoms with Crippen LogP contribution in [0.15, 0.2) is 36.7 Å². The minimum Gasteiger partial charge on any atom is -0.459 e. The van der Waals surface area contributed by atoms with Gasteiger partial charge in [-0.15, -0.1) is 5.10 Å². The number of carbonyl (C=O) groups is 1. The van der Waals surface area contributed by atoms with Crippen LogP contribution in [0.1, 0.15) is 118 Å². The monoisotopic (exact) mass is 1080 g/mol. The third kappa shape index (κ3) is 14.3. The number of esters is 1. The summed E-state index contributed by atoms with van der Waals surface area (Å²) in [5.74, 6) is -2.00. The number of rotatable bonds is 16. The minimum absolute atomic E-state index is 0.0888. The Hall–Kier alpha value is -3.33. The van der Waals surface area contributed by atoms with Crippen LogP contribution in [0.3, 0.4) is 0 Å². The first-order valence-corrected chi connectivity index (χ1v) is 27.2. The number of carbonyl (C=O) groups excluding carboxylic acids is 1. The number of benzene rings is 1. The number of methoxy groups -OCH3 is 2. The number of halogens is 1. The lowest BCUT2D eigenvalue weighted by atomic mass is 9.83. The van der Waals surface area contributed by atoms with E-state index in [9.17, 15) is 34.7 Å². The molecular formula is C53H86FN7O13S. The molecule has 0 saturated carbocycles. The number of alkyl halides is 1. The summed E-state index contributed by atoms with van der Waals surface area (Å²) in [5, 5.41) is 68.7. The van der Waals surface area contributed by atoms with Crippen molar-refractivity contribution in [2.45, 2.75) is 203 Å². The Kier molecular flexibility index (Phi) is 20.8. The largest absolute Gasteiger partial charge is 0.459 e. The molecule has 5 heterocycles. The van der Waals surface area contributed by atoms with Crippen molar-refractivity contribution in [3.63, 3.8) is 0 Å². The van der Waals surface area contributed by atoms with Gasteiger partial charge in [0.25, 0.3) is 0 Å². The highest BCUT2D eigenvalue weighted by molar-refractivity contribution is 7.18. The van der Waals surface area contributed by atoms with Crippen molar-refractivity contribution in [1.82, 2.24) is 29.8 Å². The summed E-state index contributed by atoms with van der Waals surface area (Å²) in [4.78, 5) is 23.3. The molecule has 3 aliphatic rings. The summed E-state index contributed by atoms with van der Waals surface area (Å²) in [6.45, 7) is 15.6. The highest BCUT2D eigenvalue weighted by Crippen LogP contribution is 2.39. The number of nitrogens with zero attached hydrogens (tertiary/aromatic N) is 6. The minimum atomic E-state index is -1.85. The van der Waals surface area contributed by atoms with Crippen LogP contribution in [0.5, 0.6) is 0 Å². The van der Waals surface area contributed by atoms with Crippen LogP contribution in [0.4, 0.5) is 9.52 Å². The Morgan fingerprint density at radius 1 is 1.00 bits per heavy atom. The van der Waals surface area contributed by atoms with Crippen molar-refractivity contribution in [1.29, 1.82) is 0 Å². The number of ether oxygens (including phenoxy) is 7. The zero-order chi connectivity index (χ0) is 55.3. The maximum atomic E-state index is 14.9. The van der Waals surface area contributed by atoms with Gasteiger partial charge in [-0.2, -0.15) is 0 Å². The van der Waals surface area contributed by atoms with Crippen LogP contribution in [-0.4, -0.2) is 200 Å². The normalized spacial score (nSPS) is 37.9. The van der Waals surface area contributed by atoms with Gasteiger partial charge in [-0.05, 0) is 98.9 Å². The number of nitrogen functional groups attached to an aromatic ring is 1. The van der Waals surface area contributed by atoms with E-state index in [1.807, 2.05) is 62.0 Å². The van der Waals surface area contributed by atoms with E-state index in [2.05, 4.69) is 15.3 Å². The molecule has 0 unspecified atom stereocenters. The first-order chi connectivity index (χ1) is 35.3. The van der Waals surface area contributed by atoms with Gasteiger partial charge in [0, 0.05) is 71.0 Å². The fourth-order valence-corrected chi connectivity index (χ4v) is 11.9. The smallest absolute Gasteiger partial charge is 0.311 e.